The number of likely N-dealkylation sites (tertiary alicyclic amines) is 1. The summed E-state index contributed by atoms with van der Waals surface area (Å²) in [5, 5.41) is 0. The van der Waals surface area contributed by atoms with Crippen LogP contribution >= 0.6 is 0 Å². The van der Waals surface area contributed by atoms with E-state index >= 15 is 0 Å². The molecule has 1 aliphatic rings. The normalized spacial score (nSPS) is 14.9. The van der Waals surface area contributed by atoms with Crippen molar-refractivity contribution < 1.29 is 9.53 Å². The van der Waals surface area contributed by atoms with Crippen LogP contribution in [0.1, 0.15) is 6.42 Å². The van der Waals surface area contributed by atoms with Crippen molar-refractivity contribution >= 4 is 11.6 Å². The average Bonchev–Trinajstić information content (AvgIpc) is 2.24. The fraction of sp³-hybridized carbons (Fsp3) is 0.364. The lowest BCUT2D eigenvalue weighted by Crippen LogP contribution is -2.45. The van der Waals surface area contributed by atoms with Crippen LogP contribution in [-0.4, -0.2) is 30.5 Å². The number of benzene rings is 1. The zero-order valence-corrected chi connectivity index (χ0v) is 8.48. The van der Waals surface area contributed by atoms with E-state index in [1.165, 1.54) is 0 Å². The summed E-state index contributed by atoms with van der Waals surface area (Å²) in [7, 11) is 0. The van der Waals surface area contributed by atoms with Crippen LogP contribution in [0.3, 0.4) is 0 Å². The molecule has 1 heterocycles. The zero-order chi connectivity index (χ0) is 10.7. The van der Waals surface area contributed by atoms with Crippen LogP contribution in [0.15, 0.2) is 24.3 Å². The molecule has 0 aromatic heterocycles. The number of nitrogens with zero attached hydrogens (tertiary/aromatic N) is 1. The molecule has 1 saturated heterocycles. The molecular weight excluding hydrogens is 192 g/mol. The number of amides is 1. The van der Waals surface area contributed by atoms with Crippen molar-refractivity contribution in [3.05, 3.63) is 24.3 Å². The van der Waals surface area contributed by atoms with Gasteiger partial charge in [0, 0.05) is 13.0 Å². The Balaban J connectivity index is 1.78. The smallest absolute Gasteiger partial charge is 0.224 e. The van der Waals surface area contributed by atoms with Crippen LogP contribution in [0.5, 0.6) is 5.75 Å². The highest BCUT2D eigenvalue weighted by molar-refractivity contribution is 5.81. The van der Waals surface area contributed by atoms with Gasteiger partial charge in [-0.25, -0.2) is 0 Å². The second-order valence-corrected chi connectivity index (χ2v) is 3.52. The van der Waals surface area contributed by atoms with Crippen LogP contribution in [0.4, 0.5) is 5.69 Å². The minimum absolute atomic E-state index is 0.208. The molecule has 2 rings (SSSR count). The van der Waals surface area contributed by atoms with E-state index in [0.29, 0.717) is 31.0 Å². The summed E-state index contributed by atoms with van der Waals surface area (Å²) in [4.78, 5) is 12.8. The lowest BCUT2D eigenvalue weighted by atomic mass is 10.2. The largest absolute Gasteiger partial charge is 0.490 e. The summed E-state index contributed by atoms with van der Waals surface area (Å²) in [6.45, 7) is 2.00. The molecule has 1 aliphatic heterocycles. The van der Waals surface area contributed by atoms with Crippen molar-refractivity contribution in [1.29, 1.82) is 0 Å². The molecule has 1 amide bonds. The molecule has 0 atom stereocenters. The third-order valence-corrected chi connectivity index (χ3v) is 2.49. The number of para-hydroxylation sites is 2. The summed E-state index contributed by atoms with van der Waals surface area (Å²) in [5.74, 6) is 0.894. The van der Waals surface area contributed by atoms with Gasteiger partial charge in [0.15, 0.2) is 0 Å². The first-order valence-electron chi connectivity index (χ1n) is 5.02. The SMILES string of the molecule is Nc1ccccc1OCCN1CCC1=O. The Bertz CT molecular complexity index is 365. The molecule has 1 aromatic rings. The van der Waals surface area contributed by atoms with Gasteiger partial charge < -0.3 is 15.4 Å². The molecule has 0 saturated carbocycles. The van der Waals surface area contributed by atoms with Gasteiger partial charge in [-0.15, -0.1) is 0 Å². The van der Waals surface area contributed by atoms with Gasteiger partial charge >= 0.3 is 0 Å². The Hall–Kier alpha value is -1.71. The molecule has 0 unspecified atom stereocenters. The van der Waals surface area contributed by atoms with E-state index in [1.807, 2.05) is 18.2 Å². The second-order valence-electron chi connectivity index (χ2n) is 3.52. The van der Waals surface area contributed by atoms with Gasteiger partial charge in [0.25, 0.3) is 0 Å². The number of anilines is 1. The molecule has 0 spiro atoms. The maximum absolute atomic E-state index is 11.0. The monoisotopic (exact) mass is 206 g/mol. The van der Waals surface area contributed by atoms with Gasteiger partial charge in [0.05, 0.1) is 12.2 Å². The molecule has 4 heteroatoms. The number of carbonyl (C=O) groups is 1. The third kappa shape index (κ3) is 2.21. The van der Waals surface area contributed by atoms with Gasteiger partial charge in [-0.05, 0) is 12.1 Å². The number of hydrogen-bond donors (Lipinski definition) is 1. The maximum Gasteiger partial charge on any atom is 0.224 e. The van der Waals surface area contributed by atoms with Crippen LogP contribution in [0.2, 0.25) is 0 Å². The first kappa shape index (κ1) is 9.83. The molecule has 15 heavy (non-hydrogen) atoms. The van der Waals surface area contributed by atoms with Crippen molar-refractivity contribution in [1.82, 2.24) is 4.90 Å². The van der Waals surface area contributed by atoms with Crippen LogP contribution < -0.4 is 10.5 Å². The van der Waals surface area contributed by atoms with E-state index in [-0.39, 0.29) is 5.91 Å². The standard InChI is InChI=1S/C11H14N2O2/c12-9-3-1-2-4-10(9)15-8-7-13-6-5-11(13)14/h1-4H,5-8,12H2. The Morgan fingerprint density at radius 1 is 1.40 bits per heavy atom. The van der Waals surface area contributed by atoms with Crippen molar-refractivity contribution in [2.45, 2.75) is 6.42 Å². The first-order valence-corrected chi connectivity index (χ1v) is 5.02. The highest BCUT2D eigenvalue weighted by Gasteiger charge is 2.22. The maximum atomic E-state index is 11.0. The average molecular weight is 206 g/mol. The Morgan fingerprint density at radius 2 is 2.20 bits per heavy atom. The van der Waals surface area contributed by atoms with E-state index < -0.39 is 0 Å². The molecule has 1 fully saturated rings. The fourth-order valence-corrected chi connectivity index (χ4v) is 1.48. The summed E-state index contributed by atoms with van der Waals surface area (Å²) in [6, 6.07) is 7.36. The Morgan fingerprint density at radius 3 is 2.80 bits per heavy atom. The molecule has 1 aromatic carbocycles. The van der Waals surface area contributed by atoms with Gasteiger partial charge in [-0.3, -0.25) is 4.79 Å². The van der Waals surface area contributed by atoms with Crippen molar-refractivity contribution in [2.24, 2.45) is 0 Å². The van der Waals surface area contributed by atoms with E-state index in [2.05, 4.69) is 0 Å². The van der Waals surface area contributed by atoms with E-state index in [1.54, 1.807) is 11.0 Å². The first-order chi connectivity index (χ1) is 7.27. The van der Waals surface area contributed by atoms with Gasteiger partial charge in [-0.1, -0.05) is 12.1 Å². The van der Waals surface area contributed by atoms with Gasteiger partial charge in [-0.2, -0.15) is 0 Å². The molecule has 80 valence electrons. The minimum Gasteiger partial charge on any atom is -0.490 e. The lowest BCUT2D eigenvalue weighted by molar-refractivity contribution is -0.140. The second kappa shape index (κ2) is 4.21. The summed E-state index contributed by atoms with van der Waals surface area (Å²) >= 11 is 0. The Labute approximate surface area is 88.6 Å². The van der Waals surface area contributed by atoms with Gasteiger partial charge in [0.2, 0.25) is 5.91 Å². The summed E-state index contributed by atoms with van der Waals surface area (Å²) in [5.41, 5.74) is 6.34. The van der Waals surface area contributed by atoms with Gasteiger partial charge in [0.1, 0.15) is 12.4 Å². The molecule has 0 aliphatic carbocycles. The Kier molecular flexibility index (Phi) is 2.76. The van der Waals surface area contributed by atoms with Crippen molar-refractivity contribution in [3.8, 4) is 5.75 Å². The lowest BCUT2D eigenvalue weighted by Gasteiger charge is -2.30. The molecule has 0 bridgehead atoms. The predicted octanol–water partition coefficient (Wildman–Crippen LogP) is 0.880. The fourth-order valence-electron chi connectivity index (χ4n) is 1.48. The predicted molar refractivity (Wildman–Crippen MR) is 57.5 cm³/mol. The van der Waals surface area contributed by atoms with Crippen LogP contribution in [0.25, 0.3) is 0 Å². The molecule has 2 N–H and O–H groups in total. The highest BCUT2D eigenvalue weighted by Crippen LogP contribution is 2.19. The van der Waals surface area contributed by atoms with E-state index in [4.69, 9.17) is 10.5 Å². The third-order valence-electron chi connectivity index (χ3n) is 2.49. The summed E-state index contributed by atoms with van der Waals surface area (Å²) in [6.07, 6.45) is 0.674. The highest BCUT2D eigenvalue weighted by atomic mass is 16.5. The minimum atomic E-state index is 0.208. The number of β-lactam (4-membered cyclic amide) rings is 1. The van der Waals surface area contributed by atoms with E-state index in [0.717, 1.165) is 6.54 Å². The topological polar surface area (TPSA) is 55.6 Å². The molecule has 4 nitrogen and oxygen atoms in total. The number of carbonyl (C=O) groups excluding carboxylic acids is 1. The number of ether oxygens (including phenoxy) is 1. The number of nitrogens with two attached hydrogens (primary N) is 1. The summed E-state index contributed by atoms with van der Waals surface area (Å²) < 4.78 is 5.47. The number of hydrogen-bond acceptors (Lipinski definition) is 3. The quantitative estimate of drug-likeness (QED) is 0.587. The molecular formula is C11H14N2O2. The van der Waals surface area contributed by atoms with Crippen molar-refractivity contribution in [2.75, 3.05) is 25.4 Å². The van der Waals surface area contributed by atoms with Crippen molar-refractivity contribution in [3.63, 3.8) is 0 Å². The number of nitrogen functional groups attached to an aromatic ring is 1. The van der Waals surface area contributed by atoms with Crippen LogP contribution in [-0.2, 0) is 4.79 Å². The molecule has 0 radical (unpaired) electrons. The zero-order valence-electron chi connectivity index (χ0n) is 8.48. The van der Waals surface area contributed by atoms with E-state index in [9.17, 15) is 4.79 Å². The van der Waals surface area contributed by atoms with Crippen LogP contribution in [0, 0.1) is 0 Å². The number of rotatable bonds is 4.